The number of phenolic OH excluding ortho intramolecular Hbond substituents is 3. The van der Waals surface area contributed by atoms with Crippen LogP contribution in [0.15, 0.2) is 40.8 Å². The maximum atomic E-state index is 12.6. The minimum absolute atomic E-state index is 0.0129. The lowest BCUT2D eigenvalue weighted by Gasteiger charge is -2.14. The number of carbonyl (C=O) groups excluding carboxylic acids is 2. The lowest BCUT2D eigenvalue weighted by Crippen LogP contribution is -2.33. The van der Waals surface area contributed by atoms with Crippen molar-refractivity contribution in [2.45, 2.75) is 12.8 Å². The van der Waals surface area contributed by atoms with Gasteiger partial charge in [0, 0.05) is 29.6 Å². The summed E-state index contributed by atoms with van der Waals surface area (Å²) in [7, 11) is 0. The van der Waals surface area contributed by atoms with Gasteiger partial charge in [-0.2, -0.15) is 0 Å². The number of nitrogens with zero attached hydrogens (tertiary/aromatic N) is 1. The Balaban J connectivity index is 1.49. The molecule has 1 aliphatic rings. The molecule has 0 unspecified atom stereocenters. The molecule has 1 aromatic heterocycles. The maximum absolute atomic E-state index is 12.6. The molecule has 156 valence electrons. The number of fused-ring (bicyclic) bond motifs is 1. The molecule has 4 N–H and O–H groups in total. The molecule has 0 saturated carbocycles. The highest BCUT2D eigenvalue weighted by molar-refractivity contribution is 6.10. The van der Waals surface area contributed by atoms with Gasteiger partial charge in [0.25, 0.3) is 5.91 Å². The predicted octanol–water partition coefficient (Wildman–Crippen LogP) is 2.61. The summed E-state index contributed by atoms with van der Waals surface area (Å²) in [5, 5.41) is 32.2. The molecule has 2 heterocycles. The van der Waals surface area contributed by atoms with E-state index in [4.69, 9.17) is 4.42 Å². The van der Waals surface area contributed by atoms with Crippen LogP contribution in [0.4, 0.5) is 0 Å². The Morgan fingerprint density at radius 2 is 1.67 bits per heavy atom. The van der Waals surface area contributed by atoms with Gasteiger partial charge in [0.15, 0.2) is 23.0 Å². The second kappa shape index (κ2) is 8.08. The van der Waals surface area contributed by atoms with Crippen LogP contribution in [0.1, 0.15) is 39.3 Å². The van der Waals surface area contributed by atoms with Crippen molar-refractivity contribution >= 4 is 22.7 Å². The quantitative estimate of drug-likeness (QED) is 0.364. The number of phenols is 3. The average molecular weight is 410 g/mol. The molecule has 3 aromatic rings. The molecule has 2 aromatic carbocycles. The van der Waals surface area contributed by atoms with E-state index in [9.17, 15) is 24.9 Å². The van der Waals surface area contributed by atoms with Crippen molar-refractivity contribution < 1.29 is 29.3 Å². The Bertz CT molecular complexity index is 1090. The molecule has 4 rings (SSSR count). The van der Waals surface area contributed by atoms with Gasteiger partial charge in [-0.25, -0.2) is 0 Å². The number of rotatable bonds is 6. The first kappa shape index (κ1) is 19.8. The van der Waals surface area contributed by atoms with Crippen molar-refractivity contribution in [3.63, 3.8) is 0 Å². The zero-order chi connectivity index (χ0) is 21.3. The Hall–Kier alpha value is -3.52. The van der Waals surface area contributed by atoms with Crippen LogP contribution in [0.25, 0.3) is 11.0 Å². The molecule has 0 spiro atoms. The van der Waals surface area contributed by atoms with E-state index < -0.39 is 23.0 Å². The zero-order valence-corrected chi connectivity index (χ0v) is 16.2. The fraction of sp³-hybridized carbons (Fsp3) is 0.273. The number of benzene rings is 2. The van der Waals surface area contributed by atoms with E-state index in [-0.39, 0.29) is 17.2 Å². The first-order valence-electron chi connectivity index (χ1n) is 9.76. The Labute approximate surface area is 172 Å². The Kier molecular flexibility index (Phi) is 5.33. The third kappa shape index (κ3) is 3.95. The van der Waals surface area contributed by atoms with Gasteiger partial charge >= 0.3 is 0 Å². The fourth-order valence-corrected chi connectivity index (χ4v) is 3.60. The highest BCUT2D eigenvalue weighted by atomic mass is 16.3. The number of amides is 1. The van der Waals surface area contributed by atoms with Gasteiger partial charge in [0.1, 0.15) is 5.58 Å². The first-order chi connectivity index (χ1) is 14.4. The van der Waals surface area contributed by atoms with Crippen LogP contribution in [0, 0.1) is 0 Å². The molecule has 8 nitrogen and oxygen atoms in total. The second-order valence-electron chi connectivity index (χ2n) is 7.36. The number of furan rings is 1. The molecular weight excluding hydrogens is 388 g/mol. The summed E-state index contributed by atoms with van der Waals surface area (Å²) in [5.41, 5.74) is 0.761. The van der Waals surface area contributed by atoms with Crippen LogP contribution in [-0.2, 0) is 0 Å². The summed E-state index contributed by atoms with van der Waals surface area (Å²) in [6.45, 7) is 3.52. The lowest BCUT2D eigenvalue weighted by molar-refractivity contribution is 0.0949. The topological polar surface area (TPSA) is 123 Å². The SMILES string of the molecule is O=C(NCCN1CCCC1)c1ccc2cc(C(=O)c3cc(O)c(O)c(O)c3)oc2c1. The highest BCUT2D eigenvalue weighted by Gasteiger charge is 2.19. The largest absolute Gasteiger partial charge is 0.504 e. The third-order valence-electron chi connectivity index (χ3n) is 5.25. The molecule has 1 aliphatic heterocycles. The summed E-state index contributed by atoms with van der Waals surface area (Å²) in [6.07, 6.45) is 2.40. The molecule has 1 amide bonds. The van der Waals surface area contributed by atoms with E-state index in [0.29, 0.717) is 23.1 Å². The van der Waals surface area contributed by atoms with E-state index >= 15 is 0 Å². The van der Waals surface area contributed by atoms with E-state index in [2.05, 4.69) is 10.2 Å². The summed E-state index contributed by atoms with van der Waals surface area (Å²) in [6, 6.07) is 8.54. The van der Waals surface area contributed by atoms with Gasteiger partial charge in [-0.15, -0.1) is 0 Å². The molecule has 8 heteroatoms. The molecule has 1 saturated heterocycles. The van der Waals surface area contributed by atoms with Crippen LogP contribution in [0.3, 0.4) is 0 Å². The standard InChI is InChI=1S/C22H22N2O6/c25-16-9-15(10-17(26)21(16)28)20(27)19-11-13-3-4-14(12-18(13)30-19)22(29)23-5-8-24-6-1-2-7-24/h3-4,9-12,25-26,28H,1-2,5-8H2,(H,23,29). The van der Waals surface area contributed by atoms with E-state index in [0.717, 1.165) is 31.8 Å². The first-order valence-corrected chi connectivity index (χ1v) is 9.76. The number of carbonyl (C=O) groups is 2. The Morgan fingerprint density at radius 3 is 2.37 bits per heavy atom. The maximum Gasteiger partial charge on any atom is 0.251 e. The van der Waals surface area contributed by atoms with Gasteiger partial charge in [-0.3, -0.25) is 9.59 Å². The summed E-state index contributed by atoms with van der Waals surface area (Å²) < 4.78 is 5.61. The number of hydrogen-bond acceptors (Lipinski definition) is 7. The van der Waals surface area contributed by atoms with Gasteiger partial charge in [0.2, 0.25) is 5.78 Å². The van der Waals surface area contributed by atoms with Crippen LogP contribution >= 0.6 is 0 Å². The smallest absolute Gasteiger partial charge is 0.251 e. The predicted molar refractivity (Wildman–Crippen MR) is 109 cm³/mol. The molecule has 0 aliphatic carbocycles. The van der Waals surface area contributed by atoms with Crippen molar-refractivity contribution in [2.24, 2.45) is 0 Å². The van der Waals surface area contributed by atoms with E-state index in [1.54, 1.807) is 18.2 Å². The van der Waals surface area contributed by atoms with Crippen LogP contribution in [0.2, 0.25) is 0 Å². The second-order valence-corrected chi connectivity index (χ2v) is 7.36. The Morgan fingerprint density at radius 1 is 0.967 bits per heavy atom. The number of aromatic hydroxyl groups is 3. The van der Waals surface area contributed by atoms with Crippen molar-refractivity contribution in [3.8, 4) is 17.2 Å². The number of ketones is 1. The van der Waals surface area contributed by atoms with Gasteiger partial charge in [-0.1, -0.05) is 6.07 Å². The summed E-state index contributed by atoms with van der Waals surface area (Å²) in [5.74, 6) is -2.72. The van der Waals surface area contributed by atoms with Crippen molar-refractivity contribution in [3.05, 3.63) is 53.3 Å². The van der Waals surface area contributed by atoms with Crippen molar-refractivity contribution in [1.82, 2.24) is 10.2 Å². The average Bonchev–Trinajstić information content (AvgIpc) is 3.40. The van der Waals surface area contributed by atoms with Crippen LogP contribution < -0.4 is 5.32 Å². The molecule has 30 heavy (non-hydrogen) atoms. The van der Waals surface area contributed by atoms with Crippen LogP contribution in [0.5, 0.6) is 17.2 Å². The zero-order valence-electron chi connectivity index (χ0n) is 16.2. The minimum Gasteiger partial charge on any atom is -0.504 e. The minimum atomic E-state index is -0.698. The van der Waals surface area contributed by atoms with E-state index in [1.165, 1.54) is 18.9 Å². The number of nitrogens with one attached hydrogen (secondary N) is 1. The molecular formula is C22H22N2O6. The molecule has 1 fully saturated rings. The molecule has 0 atom stereocenters. The van der Waals surface area contributed by atoms with Gasteiger partial charge in [-0.05, 0) is 56.3 Å². The van der Waals surface area contributed by atoms with Gasteiger partial charge < -0.3 is 30.0 Å². The van der Waals surface area contributed by atoms with Gasteiger partial charge in [0.05, 0.1) is 0 Å². The fourth-order valence-electron chi connectivity index (χ4n) is 3.60. The van der Waals surface area contributed by atoms with Crippen LogP contribution in [-0.4, -0.2) is 58.1 Å². The number of likely N-dealkylation sites (tertiary alicyclic amines) is 1. The highest BCUT2D eigenvalue weighted by Crippen LogP contribution is 2.36. The molecule has 0 radical (unpaired) electrons. The normalized spacial score (nSPS) is 14.3. The summed E-state index contributed by atoms with van der Waals surface area (Å²) >= 11 is 0. The monoisotopic (exact) mass is 410 g/mol. The number of hydrogen-bond donors (Lipinski definition) is 4. The van der Waals surface area contributed by atoms with E-state index in [1.807, 2.05) is 0 Å². The summed E-state index contributed by atoms with van der Waals surface area (Å²) in [4.78, 5) is 27.4. The lowest BCUT2D eigenvalue weighted by atomic mass is 10.1. The molecule has 0 bridgehead atoms. The van der Waals surface area contributed by atoms with Crippen molar-refractivity contribution in [1.29, 1.82) is 0 Å². The third-order valence-corrected chi connectivity index (χ3v) is 5.25. The van der Waals surface area contributed by atoms with Crippen molar-refractivity contribution in [2.75, 3.05) is 26.2 Å².